The fraction of sp³-hybridized carbons (Fsp3) is 0.345. The molecule has 1 aliphatic rings. The molecular formula is C29H32N4O4S. The van der Waals surface area contributed by atoms with Crippen LogP contribution in [0.15, 0.2) is 54.6 Å². The van der Waals surface area contributed by atoms with Crippen LogP contribution in [0.3, 0.4) is 0 Å². The number of para-hydroxylation sites is 1. The van der Waals surface area contributed by atoms with Crippen molar-refractivity contribution in [3.63, 3.8) is 0 Å². The molecule has 1 N–H and O–H groups in total. The van der Waals surface area contributed by atoms with Gasteiger partial charge in [-0.3, -0.25) is 4.79 Å². The molecule has 2 aromatic carbocycles. The molecule has 1 aliphatic heterocycles. The lowest BCUT2D eigenvalue weighted by atomic mass is 10.0. The van der Waals surface area contributed by atoms with Crippen molar-refractivity contribution in [2.45, 2.75) is 39.2 Å². The van der Waals surface area contributed by atoms with Gasteiger partial charge in [0.15, 0.2) is 15.5 Å². The number of hydrogen-bond donors (Lipinski definition) is 1. The molecule has 5 rings (SSSR count). The van der Waals surface area contributed by atoms with Crippen molar-refractivity contribution < 1.29 is 17.9 Å². The van der Waals surface area contributed by atoms with E-state index in [0.717, 1.165) is 23.3 Å². The molecule has 9 heteroatoms. The molecule has 1 atom stereocenters. The zero-order chi connectivity index (χ0) is 26.9. The van der Waals surface area contributed by atoms with Crippen LogP contribution >= 0.6 is 0 Å². The van der Waals surface area contributed by atoms with E-state index in [1.165, 1.54) is 5.56 Å². The van der Waals surface area contributed by atoms with Crippen molar-refractivity contribution >= 4 is 26.8 Å². The van der Waals surface area contributed by atoms with E-state index in [1.54, 1.807) is 11.8 Å². The molecule has 0 spiro atoms. The van der Waals surface area contributed by atoms with Gasteiger partial charge < -0.3 is 10.1 Å². The van der Waals surface area contributed by atoms with E-state index in [4.69, 9.17) is 9.72 Å². The first-order valence-electron chi connectivity index (χ1n) is 12.9. The molecule has 4 aromatic rings. The van der Waals surface area contributed by atoms with E-state index in [2.05, 4.69) is 29.5 Å². The smallest absolute Gasteiger partial charge is 0.252 e. The number of methoxy groups -OCH3 is 1. The molecule has 1 amide bonds. The van der Waals surface area contributed by atoms with Gasteiger partial charge in [-0.1, -0.05) is 49.4 Å². The quantitative estimate of drug-likeness (QED) is 0.363. The Kier molecular flexibility index (Phi) is 7.21. The first-order chi connectivity index (χ1) is 18.3. The lowest BCUT2D eigenvalue weighted by Crippen LogP contribution is -2.26. The van der Waals surface area contributed by atoms with Gasteiger partial charge in [0.05, 0.1) is 47.0 Å². The minimum atomic E-state index is -3.12. The maximum Gasteiger partial charge on any atom is 0.252 e. The highest BCUT2D eigenvalue weighted by Gasteiger charge is 2.32. The molecule has 0 bridgehead atoms. The monoisotopic (exact) mass is 532 g/mol. The van der Waals surface area contributed by atoms with E-state index in [-0.39, 0.29) is 23.5 Å². The number of aromatic nitrogens is 3. The van der Waals surface area contributed by atoms with Crippen LogP contribution in [0, 0.1) is 6.92 Å². The highest BCUT2D eigenvalue weighted by molar-refractivity contribution is 7.91. The number of pyridine rings is 1. The number of nitrogens with zero attached hydrogens (tertiary/aromatic N) is 3. The predicted octanol–water partition coefficient (Wildman–Crippen LogP) is 4.31. The van der Waals surface area contributed by atoms with Gasteiger partial charge in [0.25, 0.3) is 5.91 Å². The number of aryl methyl sites for hydroxylation is 2. The van der Waals surface area contributed by atoms with Gasteiger partial charge >= 0.3 is 0 Å². The summed E-state index contributed by atoms with van der Waals surface area (Å²) in [5.41, 5.74) is 5.43. The van der Waals surface area contributed by atoms with Gasteiger partial charge in [-0.25, -0.2) is 18.1 Å². The molecule has 8 nitrogen and oxygen atoms in total. The predicted molar refractivity (Wildman–Crippen MR) is 148 cm³/mol. The third kappa shape index (κ3) is 5.15. The lowest BCUT2D eigenvalue weighted by Gasteiger charge is -2.13. The van der Waals surface area contributed by atoms with Crippen molar-refractivity contribution in [1.29, 1.82) is 0 Å². The first kappa shape index (κ1) is 25.9. The summed E-state index contributed by atoms with van der Waals surface area (Å²) >= 11 is 0. The first-order valence-corrected chi connectivity index (χ1v) is 14.7. The van der Waals surface area contributed by atoms with Crippen molar-refractivity contribution in [3.05, 3.63) is 77.0 Å². The number of amides is 1. The number of hydrogen-bond acceptors (Lipinski definition) is 6. The van der Waals surface area contributed by atoms with Gasteiger partial charge in [-0.15, -0.1) is 0 Å². The van der Waals surface area contributed by atoms with Gasteiger partial charge in [-0.2, -0.15) is 5.10 Å². The number of carbonyl (C=O) groups excluding carboxylic acids is 1. The Morgan fingerprint density at radius 3 is 2.61 bits per heavy atom. The van der Waals surface area contributed by atoms with Crippen LogP contribution in [0.2, 0.25) is 0 Å². The summed E-state index contributed by atoms with van der Waals surface area (Å²) in [5, 5.41) is 8.39. The largest absolute Gasteiger partial charge is 0.496 e. The van der Waals surface area contributed by atoms with Crippen molar-refractivity contribution in [3.8, 4) is 17.0 Å². The van der Waals surface area contributed by atoms with Crippen LogP contribution in [-0.2, 0) is 22.7 Å². The highest BCUT2D eigenvalue weighted by Crippen LogP contribution is 2.32. The number of rotatable bonds is 8. The van der Waals surface area contributed by atoms with Crippen LogP contribution < -0.4 is 10.1 Å². The number of carbonyl (C=O) groups is 1. The normalized spacial score (nSPS) is 16.6. The third-order valence-electron chi connectivity index (χ3n) is 7.17. The summed E-state index contributed by atoms with van der Waals surface area (Å²) in [7, 11) is -1.49. The summed E-state index contributed by atoms with van der Waals surface area (Å²) in [4.78, 5) is 18.5. The summed E-state index contributed by atoms with van der Waals surface area (Å²) in [6, 6.07) is 17.4. The summed E-state index contributed by atoms with van der Waals surface area (Å²) < 4.78 is 31.6. The molecule has 0 aliphatic carbocycles. The zero-order valence-corrected chi connectivity index (χ0v) is 22.7. The van der Waals surface area contributed by atoms with Gasteiger partial charge in [0.2, 0.25) is 0 Å². The average molecular weight is 533 g/mol. The minimum absolute atomic E-state index is 0.0285. The molecule has 1 saturated heterocycles. The van der Waals surface area contributed by atoms with Crippen LogP contribution in [-0.4, -0.2) is 54.2 Å². The Bertz CT molecular complexity index is 1590. The van der Waals surface area contributed by atoms with Crippen molar-refractivity contribution in [2.75, 3.05) is 25.2 Å². The van der Waals surface area contributed by atoms with E-state index in [1.807, 2.05) is 49.4 Å². The minimum Gasteiger partial charge on any atom is -0.496 e. The van der Waals surface area contributed by atoms with Crippen LogP contribution in [0.5, 0.6) is 5.75 Å². The fourth-order valence-electron chi connectivity index (χ4n) is 5.09. The second-order valence-corrected chi connectivity index (χ2v) is 11.9. The number of benzene rings is 2. The SMILES string of the molecule is CCc1ccc(-c2cc(C(=O)NCCc3ccccc3OC)c3c(C)nn(C4CCS(=O)(=O)C4)c3n2)cc1. The van der Waals surface area contributed by atoms with Crippen LogP contribution in [0.4, 0.5) is 0 Å². The molecule has 38 heavy (non-hydrogen) atoms. The number of sulfone groups is 1. The Balaban J connectivity index is 1.53. The number of fused-ring (bicyclic) bond motifs is 1. The Labute approximate surface area is 223 Å². The van der Waals surface area contributed by atoms with E-state index in [9.17, 15) is 13.2 Å². The molecule has 3 heterocycles. The summed E-state index contributed by atoms with van der Waals surface area (Å²) in [6.07, 6.45) is 2.03. The third-order valence-corrected chi connectivity index (χ3v) is 8.92. The van der Waals surface area contributed by atoms with E-state index < -0.39 is 9.84 Å². The molecular weight excluding hydrogens is 500 g/mol. The van der Waals surface area contributed by atoms with Gasteiger partial charge in [0, 0.05) is 12.1 Å². The van der Waals surface area contributed by atoms with Crippen molar-refractivity contribution in [1.82, 2.24) is 20.1 Å². The molecule has 0 saturated carbocycles. The topological polar surface area (TPSA) is 103 Å². The van der Waals surface area contributed by atoms with Crippen molar-refractivity contribution in [2.24, 2.45) is 0 Å². The zero-order valence-electron chi connectivity index (χ0n) is 21.9. The van der Waals surface area contributed by atoms with Crippen LogP contribution in [0.1, 0.15) is 46.6 Å². The number of nitrogens with one attached hydrogen (secondary N) is 1. The summed E-state index contributed by atoms with van der Waals surface area (Å²) in [5.74, 6) is 0.725. The highest BCUT2D eigenvalue weighted by atomic mass is 32.2. The standard InChI is InChI=1S/C29H32N4O4S/c1-4-20-9-11-21(12-10-20)25-17-24(29(34)30-15-13-22-7-5-6-8-26(22)37-3)27-19(2)32-33(28(27)31-25)23-14-16-38(35,36)18-23/h5-12,17,23H,4,13-16,18H2,1-3H3,(H,30,34). The lowest BCUT2D eigenvalue weighted by molar-refractivity contribution is 0.0955. The molecule has 1 unspecified atom stereocenters. The maximum atomic E-state index is 13.6. The van der Waals surface area contributed by atoms with Gasteiger partial charge in [-0.05, 0) is 49.4 Å². The van der Waals surface area contributed by atoms with Crippen LogP contribution in [0.25, 0.3) is 22.3 Å². The Morgan fingerprint density at radius 2 is 1.92 bits per heavy atom. The number of ether oxygens (including phenoxy) is 1. The Hall–Kier alpha value is -3.72. The maximum absolute atomic E-state index is 13.6. The second-order valence-electron chi connectivity index (χ2n) is 9.71. The Morgan fingerprint density at radius 1 is 1.16 bits per heavy atom. The molecule has 2 aromatic heterocycles. The second kappa shape index (κ2) is 10.6. The van der Waals surface area contributed by atoms with E-state index >= 15 is 0 Å². The average Bonchev–Trinajstić information content (AvgIpc) is 3.46. The molecule has 0 radical (unpaired) electrons. The molecule has 1 fully saturated rings. The van der Waals surface area contributed by atoms with E-state index in [0.29, 0.717) is 47.4 Å². The van der Waals surface area contributed by atoms with Gasteiger partial charge in [0.1, 0.15) is 5.75 Å². The fourth-order valence-corrected chi connectivity index (χ4v) is 6.78. The summed E-state index contributed by atoms with van der Waals surface area (Å²) in [6.45, 7) is 4.37. The molecule has 198 valence electrons.